The Bertz CT molecular complexity index is 876. The lowest BCUT2D eigenvalue weighted by Gasteiger charge is -2.15. The largest absolute Gasteiger partial charge is 0.348 e. The van der Waals surface area contributed by atoms with E-state index in [2.05, 4.69) is 15.6 Å². The maximum Gasteiger partial charge on any atom is 0.253 e. The van der Waals surface area contributed by atoms with Crippen molar-refractivity contribution < 1.29 is 9.59 Å². The van der Waals surface area contributed by atoms with Gasteiger partial charge in [0.05, 0.1) is 17.6 Å². The van der Waals surface area contributed by atoms with Crippen LogP contribution in [0.15, 0.2) is 73.3 Å². The smallest absolute Gasteiger partial charge is 0.253 e. The van der Waals surface area contributed by atoms with Gasteiger partial charge in [0.15, 0.2) is 0 Å². The first-order chi connectivity index (χ1) is 12.6. The van der Waals surface area contributed by atoms with E-state index in [-0.39, 0.29) is 11.8 Å². The van der Waals surface area contributed by atoms with Crippen LogP contribution >= 0.6 is 0 Å². The number of hydrogen-bond donors (Lipinski definition) is 2. The molecule has 0 unspecified atom stereocenters. The van der Waals surface area contributed by atoms with E-state index >= 15 is 0 Å². The topological polar surface area (TPSA) is 76.0 Å². The average molecular weight is 348 g/mol. The first kappa shape index (κ1) is 17.4. The first-order valence-corrected chi connectivity index (χ1v) is 8.34. The Morgan fingerprint density at radius 2 is 1.81 bits per heavy atom. The van der Waals surface area contributed by atoms with Gasteiger partial charge in [-0.3, -0.25) is 9.59 Å². The number of amides is 2. The van der Waals surface area contributed by atoms with E-state index in [1.807, 2.05) is 30.3 Å². The summed E-state index contributed by atoms with van der Waals surface area (Å²) in [6, 6.07) is 16.2. The molecular formula is C20H20N4O2. The van der Waals surface area contributed by atoms with Crippen molar-refractivity contribution >= 4 is 17.5 Å². The summed E-state index contributed by atoms with van der Waals surface area (Å²) in [5, 5.41) is 5.71. The van der Waals surface area contributed by atoms with E-state index in [0.717, 1.165) is 5.56 Å². The molecule has 0 radical (unpaired) electrons. The van der Waals surface area contributed by atoms with Gasteiger partial charge in [-0.2, -0.15) is 0 Å². The minimum absolute atomic E-state index is 0.216. The second kappa shape index (κ2) is 8.11. The van der Waals surface area contributed by atoms with Crippen LogP contribution in [0.1, 0.15) is 28.9 Å². The van der Waals surface area contributed by atoms with E-state index in [4.69, 9.17) is 0 Å². The van der Waals surface area contributed by atoms with E-state index in [0.29, 0.717) is 17.8 Å². The average Bonchev–Trinajstić information content (AvgIpc) is 3.21. The monoisotopic (exact) mass is 348 g/mol. The molecule has 0 aliphatic carbocycles. The first-order valence-electron chi connectivity index (χ1n) is 8.34. The molecule has 0 bridgehead atoms. The van der Waals surface area contributed by atoms with Crippen LogP contribution in [0.2, 0.25) is 0 Å². The van der Waals surface area contributed by atoms with Crippen LogP contribution in [0.25, 0.3) is 0 Å². The summed E-state index contributed by atoms with van der Waals surface area (Å²) in [4.78, 5) is 29.0. The lowest BCUT2D eigenvalue weighted by atomic mass is 10.1. The lowest BCUT2D eigenvalue weighted by molar-refractivity contribution is -0.118. The Morgan fingerprint density at radius 1 is 1.08 bits per heavy atom. The Balaban J connectivity index is 1.69. The molecule has 6 heteroatoms. The van der Waals surface area contributed by atoms with Crippen LogP contribution in [0.4, 0.5) is 5.69 Å². The molecule has 3 aromatic rings. The van der Waals surface area contributed by atoms with Crippen molar-refractivity contribution in [2.45, 2.75) is 19.5 Å². The molecule has 3 rings (SSSR count). The molecule has 0 aliphatic rings. The van der Waals surface area contributed by atoms with E-state index < -0.39 is 6.04 Å². The normalized spacial score (nSPS) is 11.6. The summed E-state index contributed by atoms with van der Waals surface area (Å²) in [6.07, 6.45) is 4.93. The number of aromatic nitrogens is 2. The maximum atomic E-state index is 12.5. The summed E-state index contributed by atoms with van der Waals surface area (Å²) < 4.78 is 1.70. The minimum Gasteiger partial charge on any atom is -0.348 e. The fourth-order valence-corrected chi connectivity index (χ4v) is 2.53. The molecule has 0 saturated carbocycles. The molecule has 2 aromatic carbocycles. The summed E-state index contributed by atoms with van der Waals surface area (Å²) in [5.41, 5.74) is 1.92. The van der Waals surface area contributed by atoms with Crippen molar-refractivity contribution in [3.8, 4) is 0 Å². The molecule has 2 amide bonds. The number of para-hydroxylation sites is 1. The highest BCUT2D eigenvalue weighted by atomic mass is 16.2. The molecule has 132 valence electrons. The molecule has 0 aliphatic heterocycles. The molecule has 0 spiro atoms. The van der Waals surface area contributed by atoms with Crippen molar-refractivity contribution in [1.29, 1.82) is 0 Å². The molecule has 1 atom stereocenters. The summed E-state index contributed by atoms with van der Waals surface area (Å²) in [7, 11) is 0. The third-order valence-corrected chi connectivity index (χ3v) is 4.08. The van der Waals surface area contributed by atoms with E-state index in [1.165, 1.54) is 0 Å². The number of imidazole rings is 1. The number of hydrogen-bond acceptors (Lipinski definition) is 3. The number of benzene rings is 2. The predicted molar refractivity (Wildman–Crippen MR) is 99.6 cm³/mol. The zero-order valence-corrected chi connectivity index (χ0v) is 14.4. The highest BCUT2D eigenvalue weighted by Crippen LogP contribution is 2.17. The molecule has 6 nitrogen and oxygen atoms in total. The van der Waals surface area contributed by atoms with Gasteiger partial charge in [-0.25, -0.2) is 4.98 Å². The van der Waals surface area contributed by atoms with Gasteiger partial charge >= 0.3 is 0 Å². The van der Waals surface area contributed by atoms with Crippen molar-refractivity contribution in [3.05, 3.63) is 84.4 Å². The van der Waals surface area contributed by atoms with Crippen molar-refractivity contribution in [2.75, 3.05) is 5.32 Å². The Morgan fingerprint density at radius 3 is 2.54 bits per heavy atom. The lowest BCUT2D eigenvalue weighted by Crippen LogP contribution is -2.27. The SMILES string of the molecule is C[C@H](C(=O)Nc1ccccc1C(=O)NCc1ccccc1)n1ccnc1. The fraction of sp³-hybridized carbons (Fsp3) is 0.150. The van der Waals surface area contributed by atoms with Crippen LogP contribution in [0.3, 0.4) is 0 Å². The van der Waals surface area contributed by atoms with Gasteiger partial charge in [0.1, 0.15) is 6.04 Å². The van der Waals surface area contributed by atoms with Crippen molar-refractivity contribution in [2.24, 2.45) is 0 Å². The summed E-state index contributed by atoms with van der Waals surface area (Å²) >= 11 is 0. The van der Waals surface area contributed by atoms with Crippen LogP contribution in [0, 0.1) is 0 Å². The van der Waals surface area contributed by atoms with Crippen LogP contribution in [-0.4, -0.2) is 21.4 Å². The fourth-order valence-electron chi connectivity index (χ4n) is 2.53. The zero-order valence-electron chi connectivity index (χ0n) is 14.4. The van der Waals surface area contributed by atoms with Gasteiger partial charge in [0, 0.05) is 18.9 Å². The third-order valence-electron chi connectivity index (χ3n) is 4.08. The standard InChI is InChI=1S/C20H20N4O2/c1-15(24-12-11-21-14-24)19(25)23-18-10-6-5-9-17(18)20(26)22-13-16-7-3-2-4-8-16/h2-12,14-15H,13H2,1H3,(H,22,26)(H,23,25)/t15-/m1/s1. The molecule has 0 saturated heterocycles. The van der Waals surface area contributed by atoms with Gasteiger partial charge in [0.25, 0.3) is 5.91 Å². The maximum absolute atomic E-state index is 12.5. The van der Waals surface area contributed by atoms with E-state index in [1.54, 1.807) is 54.5 Å². The van der Waals surface area contributed by atoms with Gasteiger partial charge in [-0.1, -0.05) is 42.5 Å². The molecule has 1 aromatic heterocycles. The number of carbonyl (C=O) groups is 2. The minimum atomic E-state index is -0.432. The summed E-state index contributed by atoms with van der Waals surface area (Å²) in [5.74, 6) is -0.452. The number of anilines is 1. The zero-order chi connectivity index (χ0) is 18.4. The number of rotatable bonds is 6. The van der Waals surface area contributed by atoms with Crippen LogP contribution in [0.5, 0.6) is 0 Å². The Labute approximate surface area is 151 Å². The molecule has 26 heavy (non-hydrogen) atoms. The van der Waals surface area contributed by atoms with Crippen LogP contribution in [-0.2, 0) is 11.3 Å². The van der Waals surface area contributed by atoms with E-state index in [9.17, 15) is 9.59 Å². The van der Waals surface area contributed by atoms with Gasteiger partial charge in [-0.15, -0.1) is 0 Å². The van der Waals surface area contributed by atoms with Gasteiger partial charge in [0.2, 0.25) is 5.91 Å². The second-order valence-corrected chi connectivity index (χ2v) is 5.89. The second-order valence-electron chi connectivity index (χ2n) is 5.89. The summed E-state index contributed by atoms with van der Waals surface area (Å²) in [6.45, 7) is 2.20. The molecular weight excluding hydrogens is 328 g/mol. The number of nitrogens with zero attached hydrogens (tertiary/aromatic N) is 2. The predicted octanol–water partition coefficient (Wildman–Crippen LogP) is 3.01. The quantitative estimate of drug-likeness (QED) is 0.719. The Hall–Kier alpha value is -3.41. The van der Waals surface area contributed by atoms with Gasteiger partial charge in [-0.05, 0) is 24.6 Å². The highest BCUT2D eigenvalue weighted by molar-refractivity contribution is 6.04. The third kappa shape index (κ3) is 4.16. The Kier molecular flexibility index (Phi) is 5.43. The highest BCUT2D eigenvalue weighted by Gasteiger charge is 2.17. The molecule has 2 N–H and O–H groups in total. The van der Waals surface area contributed by atoms with Crippen molar-refractivity contribution in [1.82, 2.24) is 14.9 Å². The molecule has 1 heterocycles. The number of carbonyl (C=O) groups excluding carboxylic acids is 2. The van der Waals surface area contributed by atoms with Gasteiger partial charge < -0.3 is 15.2 Å². The number of nitrogens with one attached hydrogen (secondary N) is 2. The van der Waals surface area contributed by atoms with Crippen LogP contribution < -0.4 is 10.6 Å². The molecule has 0 fully saturated rings. The van der Waals surface area contributed by atoms with Crippen molar-refractivity contribution in [3.63, 3.8) is 0 Å².